The lowest BCUT2D eigenvalue weighted by Crippen LogP contribution is -1.84. The van der Waals surface area contributed by atoms with E-state index in [2.05, 4.69) is 27.0 Å². The fraction of sp³-hybridized carbons (Fsp3) is 0. The highest BCUT2D eigenvalue weighted by molar-refractivity contribution is 9.10. The van der Waals surface area contributed by atoms with E-state index in [9.17, 15) is 0 Å². The first-order chi connectivity index (χ1) is 8.83. The Morgan fingerprint density at radius 3 is 2.44 bits per heavy atom. The Kier molecular flexibility index (Phi) is 4.11. The van der Waals surface area contributed by atoms with Crippen molar-refractivity contribution in [3.63, 3.8) is 0 Å². The second-order valence-electron chi connectivity index (χ2n) is 3.47. The highest BCUT2D eigenvalue weighted by atomic mass is 79.9. The predicted molar refractivity (Wildman–Crippen MR) is 74.0 cm³/mol. The van der Waals surface area contributed by atoms with Crippen molar-refractivity contribution in [1.82, 2.24) is 9.38 Å². The van der Waals surface area contributed by atoms with Gasteiger partial charge in [0.05, 0.1) is 5.52 Å². The van der Waals surface area contributed by atoms with Crippen LogP contribution in [0.5, 0.6) is 0 Å². The van der Waals surface area contributed by atoms with Crippen molar-refractivity contribution in [3.05, 3.63) is 71.2 Å². The summed E-state index contributed by atoms with van der Waals surface area (Å²) in [4.78, 5) is 3.78. The van der Waals surface area contributed by atoms with E-state index in [4.69, 9.17) is 5.26 Å². The molecule has 3 aromatic heterocycles. The van der Waals surface area contributed by atoms with Crippen LogP contribution in [-0.2, 0) is 0 Å². The molecule has 0 aliphatic heterocycles. The van der Waals surface area contributed by atoms with Gasteiger partial charge in [-0.3, -0.25) is 4.98 Å². The van der Waals surface area contributed by atoms with Crippen molar-refractivity contribution in [1.29, 1.82) is 5.26 Å². The third-order valence-corrected chi connectivity index (χ3v) is 2.94. The minimum atomic E-state index is 0.650. The van der Waals surface area contributed by atoms with Crippen LogP contribution in [0, 0.1) is 11.3 Å². The van der Waals surface area contributed by atoms with Crippen molar-refractivity contribution < 1.29 is 0 Å². The van der Waals surface area contributed by atoms with Gasteiger partial charge in [0.1, 0.15) is 11.8 Å². The second-order valence-corrected chi connectivity index (χ2v) is 4.32. The number of fused-ring (bicyclic) bond motifs is 1. The molecule has 0 fully saturated rings. The van der Waals surface area contributed by atoms with Crippen molar-refractivity contribution in [2.24, 2.45) is 0 Å². The zero-order chi connectivity index (χ0) is 12.8. The topological polar surface area (TPSA) is 41.1 Å². The highest BCUT2D eigenvalue weighted by Gasteiger charge is 2.03. The van der Waals surface area contributed by atoms with Crippen LogP contribution < -0.4 is 0 Å². The molecule has 18 heavy (non-hydrogen) atoms. The Bertz CT molecular complexity index is 642. The summed E-state index contributed by atoms with van der Waals surface area (Å²) in [6.07, 6.45) is 5.37. The van der Waals surface area contributed by atoms with E-state index in [1.54, 1.807) is 12.4 Å². The molecule has 0 atom stereocenters. The largest absolute Gasteiger partial charge is 0.307 e. The van der Waals surface area contributed by atoms with Gasteiger partial charge in [0.15, 0.2) is 0 Å². The summed E-state index contributed by atoms with van der Waals surface area (Å²) >= 11 is 3.39. The molecule has 0 spiro atoms. The minimum absolute atomic E-state index is 0.650. The van der Waals surface area contributed by atoms with Crippen LogP contribution >= 0.6 is 15.9 Å². The monoisotopic (exact) mass is 299 g/mol. The van der Waals surface area contributed by atoms with Crippen LogP contribution in [0.4, 0.5) is 0 Å². The summed E-state index contributed by atoms with van der Waals surface area (Å²) in [6, 6.07) is 15.5. The number of pyridine rings is 2. The average Bonchev–Trinajstić information content (AvgIpc) is 2.79. The van der Waals surface area contributed by atoms with Gasteiger partial charge in [-0.2, -0.15) is 5.26 Å². The molecule has 3 aromatic rings. The average molecular weight is 300 g/mol. The number of rotatable bonds is 0. The van der Waals surface area contributed by atoms with Gasteiger partial charge < -0.3 is 4.40 Å². The number of aromatic nitrogens is 2. The quantitative estimate of drug-likeness (QED) is 0.636. The van der Waals surface area contributed by atoms with Gasteiger partial charge in [0.2, 0.25) is 0 Å². The smallest absolute Gasteiger partial charge is 0.125 e. The number of hydrogen-bond acceptors (Lipinski definition) is 2. The molecule has 0 aliphatic carbocycles. The summed E-state index contributed by atoms with van der Waals surface area (Å²) in [5.41, 5.74) is 1.67. The van der Waals surface area contributed by atoms with Crippen LogP contribution in [0.2, 0.25) is 0 Å². The Morgan fingerprint density at radius 2 is 1.89 bits per heavy atom. The van der Waals surface area contributed by atoms with E-state index < -0.39 is 0 Å². The molecule has 0 amide bonds. The molecule has 3 nitrogen and oxygen atoms in total. The molecule has 0 bridgehead atoms. The summed E-state index contributed by atoms with van der Waals surface area (Å²) < 4.78 is 2.81. The summed E-state index contributed by atoms with van der Waals surface area (Å²) in [6.45, 7) is 0. The van der Waals surface area contributed by atoms with Crippen molar-refractivity contribution in [2.45, 2.75) is 0 Å². The predicted octanol–water partition coefficient (Wildman–Crippen LogP) is 3.66. The number of halogens is 1. The Labute approximate surface area is 113 Å². The van der Waals surface area contributed by atoms with Crippen molar-refractivity contribution >= 4 is 21.4 Å². The van der Waals surface area contributed by atoms with Gasteiger partial charge >= 0.3 is 0 Å². The first-order valence-corrected chi connectivity index (χ1v) is 6.13. The maximum atomic E-state index is 8.76. The molecule has 3 rings (SSSR count). The Balaban J connectivity index is 0.000000169. The molecule has 0 N–H and O–H groups in total. The van der Waals surface area contributed by atoms with Crippen molar-refractivity contribution in [2.75, 3.05) is 0 Å². The normalized spacial score (nSPS) is 9.33. The van der Waals surface area contributed by atoms with E-state index in [0.29, 0.717) is 5.69 Å². The van der Waals surface area contributed by atoms with Crippen LogP contribution in [0.15, 0.2) is 65.5 Å². The van der Waals surface area contributed by atoms with E-state index >= 15 is 0 Å². The lowest BCUT2D eigenvalue weighted by atomic mass is 10.4. The molecular weight excluding hydrogens is 290 g/mol. The standard InChI is InChI=1S/C9H5BrN2.C5H5N/c10-8-5-7(6-11)12-4-2-1-3-9(8)12;1-2-4-6-5-3-1/h1-5H;1-5H. The molecule has 0 aromatic carbocycles. The van der Waals surface area contributed by atoms with E-state index in [1.807, 2.05) is 53.1 Å². The first-order valence-electron chi connectivity index (χ1n) is 5.33. The lowest BCUT2D eigenvalue weighted by molar-refractivity contribution is 1.16. The first kappa shape index (κ1) is 12.3. The molecule has 0 unspecified atom stereocenters. The van der Waals surface area contributed by atoms with E-state index in [1.165, 1.54) is 0 Å². The molecule has 0 saturated heterocycles. The molecule has 0 radical (unpaired) electrons. The maximum absolute atomic E-state index is 8.76. The number of nitriles is 1. The zero-order valence-electron chi connectivity index (χ0n) is 9.49. The third kappa shape index (κ3) is 2.76. The number of hydrogen-bond donors (Lipinski definition) is 0. The molecular formula is C14H10BrN3. The summed E-state index contributed by atoms with van der Waals surface area (Å²) in [5, 5.41) is 8.76. The second kappa shape index (κ2) is 5.99. The summed E-state index contributed by atoms with van der Waals surface area (Å²) in [5.74, 6) is 0. The van der Waals surface area contributed by atoms with Crippen LogP contribution in [0.3, 0.4) is 0 Å². The fourth-order valence-corrected chi connectivity index (χ4v) is 2.05. The Hall–Kier alpha value is -2.12. The molecule has 88 valence electrons. The van der Waals surface area contributed by atoms with E-state index in [0.717, 1.165) is 9.99 Å². The van der Waals surface area contributed by atoms with Gasteiger partial charge in [-0.15, -0.1) is 0 Å². The lowest BCUT2D eigenvalue weighted by Gasteiger charge is -1.93. The minimum Gasteiger partial charge on any atom is -0.307 e. The number of nitrogens with zero attached hydrogens (tertiary/aromatic N) is 3. The molecule has 0 saturated carbocycles. The van der Waals surface area contributed by atoms with Crippen LogP contribution in [0.1, 0.15) is 5.69 Å². The van der Waals surface area contributed by atoms with Crippen LogP contribution in [0.25, 0.3) is 5.52 Å². The molecule has 3 heterocycles. The summed E-state index contributed by atoms with van der Waals surface area (Å²) in [7, 11) is 0. The van der Waals surface area contributed by atoms with E-state index in [-0.39, 0.29) is 0 Å². The molecule has 4 heteroatoms. The fourth-order valence-electron chi connectivity index (χ4n) is 1.51. The Morgan fingerprint density at radius 1 is 1.11 bits per heavy atom. The van der Waals surface area contributed by atoms with Gasteiger partial charge in [0, 0.05) is 23.1 Å². The third-order valence-electron chi connectivity index (χ3n) is 2.31. The molecule has 0 aliphatic rings. The highest BCUT2D eigenvalue weighted by Crippen LogP contribution is 2.21. The zero-order valence-corrected chi connectivity index (χ0v) is 11.1. The van der Waals surface area contributed by atoms with Gasteiger partial charge in [-0.05, 0) is 46.3 Å². The maximum Gasteiger partial charge on any atom is 0.125 e. The van der Waals surface area contributed by atoms with Gasteiger partial charge in [0.25, 0.3) is 0 Å². The SMILES string of the molecule is N#Cc1cc(Br)c2ccccn12.c1ccncc1. The van der Waals surface area contributed by atoms with Crippen molar-refractivity contribution in [3.8, 4) is 6.07 Å². The van der Waals surface area contributed by atoms with Gasteiger partial charge in [-0.25, -0.2) is 0 Å². The van der Waals surface area contributed by atoms with Crippen LogP contribution in [-0.4, -0.2) is 9.38 Å². The van der Waals surface area contributed by atoms with Gasteiger partial charge in [-0.1, -0.05) is 12.1 Å².